The largest absolute Gasteiger partial charge is 0.464 e. The Morgan fingerprint density at radius 3 is 3.00 bits per heavy atom. The second kappa shape index (κ2) is 6.89. The number of aromatic nitrogens is 5. The van der Waals surface area contributed by atoms with E-state index in [-0.39, 0.29) is 11.3 Å². The highest BCUT2D eigenvalue weighted by Gasteiger charge is 2.04. The number of nitrogens with one attached hydrogen (secondary N) is 1. The first-order chi connectivity index (χ1) is 9.28. The Balaban J connectivity index is 1.81. The van der Waals surface area contributed by atoms with Gasteiger partial charge in [0.2, 0.25) is 11.2 Å². The van der Waals surface area contributed by atoms with Crippen molar-refractivity contribution in [2.24, 2.45) is 0 Å². The van der Waals surface area contributed by atoms with E-state index in [1.165, 1.54) is 0 Å². The Morgan fingerprint density at radius 1 is 1.37 bits per heavy atom. The maximum atomic E-state index is 5.78. The first-order valence-corrected chi connectivity index (χ1v) is 6.41. The molecule has 0 atom stereocenters. The second-order valence-corrected chi connectivity index (χ2v) is 4.03. The average Bonchev–Trinajstić information content (AvgIpc) is 2.87. The van der Waals surface area contributed by atoms with E-state index in [0.717, 1.165) is 13.0 Å². The Labute approximate surface area is 116 Å². The van der Waals surface area contributed by atoms with Gasteiger partial charge < -0.3 is 10.1 Å². The number of hydrogen-bond acceptors (Lipinski definition) is 6. The van der Waals surface area contributed by atoms with E-state index >= 15 is 0 Å². The number of hydrogen-bond donors (Lipinski definition) is 1. The summed E-state index contributed by atoms with van der Waals surface area (Å²) in [4.78, 5) is 11.9. The minimum absolute atomic E-state index is 0.119. The number of ether oxygens (including phenoxy) is 1. The summed E-state index contributed by atoms with van der Waals surface area (Å²) in [6.45, 7) is 3.89. The second-order valence-electron chi connectivity index (χ2n) is 3.69. The molecule has 19 heavy (non-hydrogen) atoms. The van der Waals surface area contributed by atoms with Crippen LogP contribution in [0.2, 0.25) is 5.28 Å². The quantitative estimate of drug-likeness (QED) is 0.778. The van der Waals surface area contributed by atoms with Crippen LogP contribution in [0.15, 0.2) is 18.5 Å². The zero-order chi connectivity index (χ0) is 13.5. The van der Waals surface area contributed by atoms with Crippen molar-refractivity contribution in [2.45, 2.75) is 19.9 Å². The van der Waals surface area contributed by atoms with Gasteiger partial charge in [-0.3, -0.25) is 4.68 Å². The van der Waals surface area contributed by atoms with Gasteiger partial charge in [0.05, 0.1) is 6.61 Å². The van der Waals surface area contributed by atoms with Gasteiger partial charge in [-0.05, 0) is 31.0 Å². The fourth-order valence-corrected chi connectivity index (χ4v) is 1.63. The lowest BCUT2D eigenvalue weighted by Gasteiger charge is -2.06. The van der Waals surface area contributed by atoms with Crippen molar-refractivity contribution in [1.82, 2.24) is 24.7 Å². The molecule has 0 spiro atoms. The molecule has 0 fully saturated rings. The molecule has 0 amide bonds. The maximum absolute atomic E-state index is 5.78. The van der Waals surface area contributed by atoms with Crippen LogP contribution in [0.1, 0.15) is 13.3 Å². The molecule has 0 aliphatic rings. The molecule has 0 aliphatic heterocycles. The summed E-state index contributed by atoms with van der Waals surface area (Å²) >= 11 is 5.78. The lowest BCUT2D eigenvalue weighted by atomic mass is 10.4. The van der Waals surface area contributed by atoms with Crippen LogP contribution in [0.5, 0.6) is 6.01 Å². The highest BCUT2D eigenvalue weighted by atomic mass is 35.5. The van der Waals surface area contributed by atoms with E-state index in [1.54, 1.807) is 6.20 Å². The molecule has 2 rings (SSSR count). The van der Waals surface area contributed by atoms with E-state index < -0.39 is 0 Å². The van der Waals surface area contributed by atoms with Crippen LogP contribution in [0, 0.1) is 0 Å². The summed E-state index contributed by atoms with van der Waals surface area (Å²) in [5.41, 5.74) is 0. The van der Waals surface area contributed by atoms with Gasteiger partial charge in [-0.15, -0.1) is 0 Å². The van der Waals surface area contributed by atoms with Crippen LogP contribution >= 0.6 is 11.6 Å². The number of aryl methyl sites for hydroxylation is 1. The van der Waals surface area contributed by atoms with Crippen molar-refractivity contribution in [2.75, 3.05) is 18.5 Å². The van der Waals surface area contributed by atoms with Crippen LogP contribution in [-0.4, -0.2) is 37.9 Å². The van der Waals surface area contributed by atoms with Crippen LogP contribution < -0.4 is 10.1 Å². The predicted octanol–water partition coefficient (Wildman–Crippen LogP) is 1.62. The van der Waals surface area contributed by atoms with Gasteiger partial charge in [0, 0.05) is 25.5 Å². The summed E-state index contributed by atoms with van der Waals surface area (Å²) in [7, 11) is 0. The zero-order valence-corrected chi connectivity index (χ0v) is 11.3. The van der Waals surface area contributed by atoms with Crippen molar-refractivity contribution < 1.29 is 4.74 Å². The molecular formula is C11H15ClN6O. The number of rotatable bonds is 7. The third-order valence-corrected chi connectivity index (χ3v) is 2.44. The molecule has 2 heterocycles. The smallest absolute Gasteiger partial charge is 0.322 e. The SMILES string of the molecule is CCOc1nc(Cl)nc(NCCCn2cccn2)n1. The molecule has 2 aromatic rings. The number of nitrogens with zero attached hydrogens (tertiary/aromatic N) is 5. The topological polar surface area (TPSA) is 77.8 Å². The minimum Gasteiger partial charge on any atom is -0.464 e. The summed E-state index contributed by atoms with van der Waals surface area (Å²) < 4.78 is 7.06. The van der Waals surface area contributed by atoms with Gasteiger partial charge in [-0.25, -0.2) is 0 Å². The summed E-state index contributed by atoms with van der Waals surface area (Å²) in [5, 5.41) is 7.32. The molecule has 102 valence electrons. The minimum atomic E-state index is 0.119. The lowest BCUT2D eigenvalue weighted by molar-refractivity contribution is 0.312. The van der Waals surface area contributed by atoms with Gasteiger partial charge in [-0.2, -0.15) is 20.1 Å². The van der Waals surface area contributed by atoms with E-state index in [0.29, 0.717) is 19.1 Å². The number of anilines is 1. The third kappa shape index (κ3) is 4.36. The van der Waals surface area contributed by atoms with Crippen molar-refractivity contribution in [3.8, 4) is 6.01 Å². The fraction of sp³-hybridized carbons (Fsp3) is 0.455. The Bertz CT molecular complexity index is 504. The van der Waals surface area contributed by atoms with E-state index in [9.17, 15) is 0 Å². The number of halogens is 1. The van der Waals surface area contributed by atoms with Crippen molar-refractivity contribution in [3.63, 3.8) is 0 Å². The van der Waals surface area contributed by atoms with E-state index in [4.69, 9.17) is 16.3 Å². The fourth-order valence-electron chi connectivity index (χ4n) is 1.48. The van der Waals surface area contributed by atoms with Crippen LogP contribution in [0.4, 0.5) is 5.95 Å². The van der Waals surface area contributed by atoms with Gasteiger partial charge >= 0.3 is 6.01 Å². The first kappa shape index (κ1) is 13.5. The molecule has 1 N–H and O–H groups in total. The normalized spacial score (nSPS) is 10.4. The van der Waals surface area contributed by atoms with Crippen LogP contribution in [0.25, 0.3) is 0 Å². The van der Waals surface area contributed by atoms with Gasteiger partial charge in [-0.1, -0.05) is 0 Å². The van der Waals surface area contributed by atoms with Crippen molar-refractivity contribution in [1.29, 1.82) is 0 Å². The monoisotopic (exact) mass is 282 g/mol. The molecule has 2 aromatic heterocycles. The third-order valence-electron chi connectivity index (χ3n) is 2.27. The predicted molar refractivity (Wildman–Crippen MR) is 71.3 cm³/mol. The van der Waals surface area contributed by atoms with Gasteiger partial charge in [0.1, 0.15) is 0 Å². The molecule has 0 radical (unpaired) electrons. The van der Waals surface area contributed by atoms with E-state index in [2.05, 4.69) is 25.4 Å². The molecule has 0 unspecified atom stereocenters. The van der Waals surface area contributed by atoms with Crippen LogP contribution in [0.3, 0.4) is 0 Å². The lowest BCUT2D eigenvalue weighted by Crippen LogP contribution is -2.10. The molecule has 0 aliphatic carbocycles. The molecule has 7 nitrogen and oxygen atoms in total. The average molecular weight is 283 g/mol. The highest BCUT2D eigenvalue weighted by Crippen LogP contribution is 2.11. The maximum Gasteiger partial charge on any atom is 0.322 e. The van der Waals surface area contributed by atoms with Crippen molar-refractivity contribution in [3.05, 3.63) is 23.7 Å². The van der Waals surface area contributed by atoms with E-state index in [1.807, 2.05) is 23.9 Å². The molecule has 0 aromatic carbocycles. The summed E-state index contributed by atoms with van der Waals surface area (Å²) in [6, 6.07) is 2.13. The standard InChI is InChI=1S/C11H15ClN6O/c1-2-19-11-16-9(12)15-10(17-11)13-5-3-7-18-8-4-6-14-18/h4,6,8H,2-3,5,7H2,1H3,(H,13,15,16,17). The zero-order valence-electron chi connectivity index (χ0n) is 10.6. The molecule has 8 heteroatoms. The first-order valence-electron chi connectivity index (χ1n) is 6.03. The van der Waals surface area contributed by atoms with Gasteiger partial charge in [0.25, 0.3) is 0 Å². The van der Waals surface area contributed by atoms with Crippen LogP contribution in [-0.2, 0) is 6.54 Å². The summed E-state index contributed by atoms with van der Waals surface area (Å²) in [6.07, 6.45) is 4.58. The Morgan fingerprint density at radius 2 is 2.26 bits per heavy atom. The Kier molecular flexibility index (Phi) is 4.91. The molecule has 0 saturated carbocycles. The van der Waals surface area contributed by atoms with Crippen molar-refractivity contribution >= 4 is 17.5 Å². The molecular weight excluding hydrogens is 268 g/mol. The molecule has 0 bridgehead atoms. The highest BCUT2D eigenvalue weighted by molar-refractivity contribution is 6.28. The molecule has 0 saturated heterocycles. The summed E-state index contributed by atoms with van der Waals surface area (Å²) in [5.74, 6) is 0.420. The Hall–Kier alpha value is -1.89. The van der Waals surface area contributed by atoms with Gasteiger partial charge in [0.15, 0.2) is 0 Å².